The maximum absolute atomic E-state index is 13.1. The molecule has 0 aliphatic carbocycles. The molecule has 101 heavy (non-hydrogen) atoms. The molecule has 0 bridgehead atoms. The SMILES string of the molecule is CCCCCCCCCCCCCCCCCCCCCCCC(=O)O[C@H](COC(=O)CCCCCCCCCCCCCCCCC(C)CC)COP(=O)(O)OC[C@@H](O)COP(=O)(O)OC[C@@H](COC(=O)CCCCCCCCCCCCC)OC(=O)CCCCCCCCCCCCC. The summed E-state index contributed by atoms with van der Waals surface area (Å²) in [6, 6.07) is 0. The molecule has 0 aromatic heterocycles. The smallest absolute Gasteiger partial charge is 0.462 e. The van der Waals surface area contributed by atoms with Crippen molar-refractivity contribution >= 4 is 39.5 Å². The van der Waals surface area contributed by atoms with Crippen LogP contribution in [0.3, 0.4) is 0 Å². The van der Waals surface area contributed by atoms with Gasteiger partial charge in [-0.2, -0.15) is 0 Å². The number of aliphatic hydroxyl groups excluding tert-OH is 1. The van der Waals surface area contributed by atoms with Crippen LogP contribution in [0.4, 0.5) is 0 Å². The lowest BCUT2D eigenvalue weighted by molar-refractivity contribution is -0.161. The second-order valence-electron chi connectivity index (χ2n) is 29.8. The molecule has 0 radical (unpaired) electrons. The van der Waals surface area contributed by atoms with Crippen molar-refractivity contribution < 1.29 is 80.2 Å². The summed E-state index contributed by atoms with van der Waals surface area (Å²) in [7, 11) is -9.92. The first-order chi connectivity index (χ1) is 49.1. The highest BCUT2D eigenvalue weighted by molar-refractivity contribution is 7.47. The molecule has 0 saturated heterocycles. The van der Waals surface area contributed by atoms with Gasteiger partial charge in [0.15, 0.2) is 12.2 Å². The summed E-state index contributed by atoms with van der Waals surface area (Å²) in [6.45, 7) is 7.38. The van der Waals surface area contributed by atoms with Crippen molar-refractivity contribution in [3.63, 3.8) is 0 Å². The Morgan fingerprint density at radius 2 is 0.475 bits per heavy atom. The molecule has 600 valence electrons. The Balaban J connectivity index is 5.21. The Morgan fingerprint density at radius 3 is 0.703 bits per heavy atom. The molecular formula is C82H160O17P2. The zero-order valence-electron chi connectivity index (χ0n) is 66.1. The lowest BCUT2D eigenvalue weighted by atomic mass is 9.99. The van der Waals surface area contributed by atoms with Crippen LogP contribution in [0.2, 0.25) is 0 Å². The molecule has 0 saturated carbocycles. The van der Waals surface area contributed by atoms with Crippen LogP contribution in [-0.4, -0.2) is 96.7 Å². The number of esters is 4. The van der Waals surface area contributed by atoms with Crippen molar-refractivity contribution in [2.45, 2.75) is 457 Å². The summed E-state index contributed by atoms with van der Waals surface area (Å²) in [5.74, 6) is -1.25. The van der Waals surface area contributed by atoms with Crippen molar-refractivity contribution in [2.24, 2.45) is 5.92 Å². The van der Waals surface area contributed by atoms with Crippen LogP contribution in [0, 0.1) is 5.92 Å². The van der Waals surface area contributed by atoms with E-state index in [2.05, 4.69) is 34.6 Å². The molecule has 0 fully saturated rings. The monoisotopic (exact) mass is 1480 g/mol. The van der Waals surface area contributed by atoms with Gasteiger partial charge in [0.05, 0.1) is 26.4 Å². The van der Waals surface area contributed by atoms with Crippen LogP contribution in [-0.2, 0) is 65.4 Å². The first kappa shape index (κ1) is 99.1. The van der Waals surface area contributed by atoms with Gasteiger partial charge in [-0.25, -0.2) is 9.13 Å². The first-order valence-corrected chi connectivity index (χ1v) is 45.7. The summed E-state index contributed by atoms with van der Waals surface area (Å²) < 4.78 is 68.7. The average Bonchev–Trinajstić information content (AvgIpc) is 1.04. The summed E-state index contributed by atoms with van der Waals surface area (Å²) in [6.07, 6.45) is 66.5. The van der Waals surface area contributed by atoms with E-state index in [1.807, 2.05) is 0 Å². The Labute approximate surface area is 619 Å². The third-order valence-electron chi connectivity index (χ3n) is 19.6. The van der Waals surface area contributed by atoms with Crippen LogP contribution in [0.25, 0.3) is 0 Å². The number of ether oxygens (including phenoxy) is 4. The predicted octanol–water partition coefficient (Wildman–Crippen LogP) is 24.8. The van der Waals surface area contributed by atoms with E-state index >= 15 is 0 Å². The van der Waals surface area contributed by atoms with Gasteiger partial charge < -0.3 is 33.8 Å². The Morgan fingerprint density at radius 1 is 0.277 bits per heavy atom. The van der Waals surface area contributed by atoms with Crippen molar-refractivity contribution in [2.75, 3.05) is 39.6 Å². The van der Waals surface area contributed by atoms with Gasteiger partial charge in [-0.05, 0) is 31.6 Å². The molecule has 0 aliphatic heterocycles. The molecule has 0 rings (SSSR count). The van der Waals surface area contributed by atoms with Crippen molar-refractivity contribution in [1.29, 1.82) is 0 Å². The minimum atomic E-state index is -4.96. The van der Waals surface area contributed by atoms with Crippen molar-refractivity contribution in [3.8, 4) is 0 Å². The van der Waals surface area contributed by atoms with Gasteiger partial charge in [0.1, 0.15) is 19.3 Å². The molecule has 0 aliphatic rings. The Bertz CT molecular complexity index is 1930. The molecule has 6 atom stereocenters. The van der Waals surface area contributed by atoms with E-state index in [0.29, 0.717) is 25.7 Å². The summed E-state index contributed by atoms with van der Waals surface area (Å²) in [5.41, 5.74) is 0. The van der Waals surface area contributed by atoms with E-state index in [1.165, 1.54) is 263 Å². The molecule has 3 unspecified atom stereocenters. The fourth-order valence-electron chi connectivity index (χ4n) is 12.7. The van der Waals surface area contributed by atoms with Gasteiger partial charge in [-0.3, -0.25) is 37.3 Å². The average molecular weight is 1480 g/mol. The molecule has 3 N–H and O–H groups in total. The van der Waals surface area contributed by atoms with E-state index in [9.17, 15) is 43.2 Å². The second-order valence-corrected chi connectivity index (χ2v) is 32.7. The number of phosphoric acid groups is 2. The van der Waals surface area contributed by atoms with Gasteiger partial charge in [0.25, 0.3) is 0 Å². The highest BCUT2D eigenvalue weighted by Crippen LogP contribution is 2.45. The third-order valence-corrected chi connectivity index (χ3v) is 21.5. The zero-order valence-corrected chi connectivity index (χ0v) is 67.8. The fourth-order valence-corrected chi connectivity index (χ4v) is 14.3. The normalized spacial score (nSPS) is 14.1. The number of hydrogen-bond acceptors (Lipinski definition) is 15. The van der Waals surface area contributed by atoms with Crippen molar-refractivity contribution in [3.05, 3.63) is 0 Å². The number of unbranched alkanes of at least 4 members (excludes halogenated alkanes) is 53. The molecule has 0 spiro atoms. The van der Waals surface area contributed by atoms with Gasteiger partial charge in [0, 0.05) is 25.7 Å². The topological polar surface area (TPSA) is 237 Å². The van der Waals surface area contributed by atoms with Crippen LogP contribution in [0.5, 0.6) is 0 Å². The highest BCUT2D eigenvalue weighted by Gasteiger charge is 2.30. The summed E-state index contributed by atoms with van der Waals surface area (Å²) >= 11 is 0. The minimum Gasteiger partial charge on any atom is -0.462 e. The summed E-state index contributed by atoms with van der Waals surface area (Å²) in [4.78, 5) is 73.0. The molecule has 19 heteroatoms. The molecule has 17 nitrogen and oxygen atoms in total. The standard InChI is InChI=1S/C82H160O17P2/c1-6-10-13-16-19-22-25-26-27-28-29-30-31-32-33-38-43-48-53-58-63-68-82(87)99-78(72-93-80(85)66-61-56-51-46-42-37-35-34-36-41-44-49-54-59-64-75(5)9-4)74-97-101(90,91)95-70-76(83)69-94-100(88,89)96-73-77(98-81(86)67-62-57-52-47-40-24-21-18-15-12-8-3)71-92-79(84)65-60-55-50-45-39-23-20-17-14-11-7-2/h75-78,83H,6-74H2,1-5H3,(H,88,89)(H,90,91)/t75?,76-,77+,78+/m0/s1. The van der Waals surface area contributed by atoms with Gasteiger partial charge in [-0.15, -0.1) is 0 Å². The van der Waals surface area contributed by atoms with Gasteiger partial charge >= 0.3 is 39.5 Å². The maximum Gasteiger partial charge on any atom is 0.472 e. The molecule has 0 aromatic carbocycles. The minimum absolute atomic E-state index is 0.108. The second kappa shape index (κ2) is 74.9. The number of carbonyl (C=O) groups excluding carboxylic acids is 4. The summed E-state index contributed by atoms with van der Waals surface area (Å²) in [5, 5.41) is 10.6. The molecular weight excluding hydrogens is 1320 g/mol. The van der Waals surface area contributed by atoms with Crippen LogP contribution < -0.4 is 0 Å². The third kappa shape index (κ3) is 74.7. The Hall–Kier alpha value is -1.94. The highest BCUT2D eigenvalue weighted by atomic mass is 31.2. The number of phosphoric ester groups is 2. The van der Waals surface area contributed by atoms with Crippen LogP contribution in [0.1, 0.15) is 439 Å². The molecule has 0 amide bonds. The van der Waals surface area contributed by atoms with E-state index < -0.39 is 97.5 Å². The van der Waals surface area contributed by atoms with E-state index in [0.717, 1.165) is 95.8 Å². The van der Waals surface area contributed by atoms with E-state index in [-0.39, 0.29) is 25.7 Å². The van der Waals surface area contributed by atoms with E-state index in [1.54, 1.807) is 0 Å². The number of carbonyl (C=O) groups is 4. The Kier molecular flexibility index (Phi) is 73.5. The molecule has 0 aromatic rings. The predicted molar refractivity (Wildman–Crippen MR) is 414 cm³/mol. The number of rotatable bonds is 82. The number of aliphatic hydroxyl groups is 1. The van der Waals surface area contributed by atoms with Gasteiger partial charge in [0.2, 0.25) is 0 Å². The lowest BCUT2D eigenvalue weighted by Gasteiger charge is -2.21. The lowest BCUT2D eigenvalue weighted by Crippen LogP contribution is -2.30. The number of hydrogen-bond donors (Lipinski definition) is 3. The van der Waals surface area contributed by atoms with Crippen molar-refractivity contribution in [1.82, 2.24) is 0 Å². The first-order valence-electron chi connectivity index (χ1n) is 42.7. The molecule has 0 heterocycles. The van der Waals surface area contributed by atoms with Crippen LogP contribution >= 0.6 is 15.6 Å². The van der Waals surface area contributed by atoms with E-state index in [4.69, 9.17) is 37.0 Å². The largest absolute Gasteiger partial charge is 0.472 e. The van der Waals surface area contributed by atoms with Gasteiger partial charge in [-0.1, -0.05) is 388 Å². The quantitative estimate of drug-likeness (QED) is 0.0222. The van der Waals surface area contributed by atoms with Crippen LogP contribution in [0.15, 0.2) is 0 Å². The zero-order chi connectivity index (χ0) is 74.1. The fraction of sp³-hybridized carbons (Fsp3) is 0.951. The maximum atomic E-state index is 13.1.